The molecule has 0 saturated carbocycles. The van der Waals surface area contributed by atoms with Crippen molar-refractivity contribution < 1.29 is 18.9 Å². The summed E-state index contributed by atoms with van der Waals surface area (Å²) in [5.41, 5.74) is 0. The zero-order valence-corrected chi connectivity index (χ0v) is 19.3. The Bertz CT molecular complexity index is 671. The molecule has 29 heavy (non-hydrogen) atoms. The van der Waals surface area contributed by atoms with Crippen molar-refractivity contribution in [3.05, 3.63) is 36.4 Å². The minimum atomic E-state index is 0.433. The Hall–Kier alpha value is -2.14. The van der Waals surface area contributed by atoms with E-state index in [1.165, 1.54) is 0 Å². The Labute approximate surface area is 178 Å². The Kier molecular flexibility index (Phi) is 10.5. The zero-order valence-electron chi connectivity index (χ0n) is 18.3. The van der Waals surface area contributed by atoms with Gasteiger partial charge in [-0.2, -0.15) is 0 Å². The molecule has 158 valence electrons. The fraction of sp³-hybridized carbons (Fsp3) is 0.500. The van der Waals surface area contributed by atoms with E-state index in [4.69, 9.17) is 18.9 Å². The van der Waals surface area contributed by atoms with Crippen LogP contribution in [0.2, 0.25) is 0 Å². The van der Waals surface area contributed by atoms with Gasteiger partial charge in [0.05, 0.1) is 26.4 Å². The van der Waals surface area contributed by atoms with Gasteiger partial charge in [-0.1, -0.05) is 39.8 Å². The first-order chi connectivity index (χ1) is 14.2. The van der Waals surface area contributed by atoms with E-state index in [0.29, 0.717) is 35.9 Å². The minimum Gasteiger partial charge on any atom is -0.494 e. The standard InChI is InChI=1S/C24H34O4Si/c1-5-13-25-19-9-11-23(21(17-19)27-15-7-3)29-24-12-10-20(26-14-6-2)18-22(24)28-16-8-4/h9-12,17-18H,5-8,13-16H2,1-4H3. The second kappa shape index (κ2) is 13.1. The van der Waals surface area contributed by atoms with E-state index >= 15 is 0 Å². The summed E-state index contributed by atoms with van der Waals surface area (Å²) in [5.74, 6) is 3.51. The molecule has 0 aliphatic rings. The highest BCUT2D eigenvalue weighted by Gasteiger charge is 2.13. The molecule has 0 N–H and O–H groups in total. The summed E-state index contributed by atoms with van der Waals surface area (Å²) in [6, 6.07) is 12.3. The van der Waals surface area contributed by atoms with Gasteiger partial charge in [-0.15, -0.1) is 0 Å². The van der Waals surface area contributed by atoms with Crippen molar-refractivity contribution in [2.75, 3.05) is 26.4 Å². The van der Waals surface area contributed by atoms with Crippen molar-refractivity contribution >= 4 is 19.9 Å². The average molecular weight is 415 g/mol. The number of benzene rings is 2. The largest absolute Gasteiger partial charge is 0.494 e. The summed E-state index contributed by atoms with van der Waals surface area (Å²) in [6.45, 7) is 11.3. The van der Waals surface area contributed by atoms with Gasteiger partial charge in [-0.05, 0) is 48.2 Å². The van der Waals surface area contributed by atoms with Gasteiger partial charge in [-0.25, -0.2) is 0 Å². The topological polar surface area (TPSA) is 36.9 Å². The highest BCUT2D eigenvalue weighted by atomic mass is 28.2. The summed E-state index contributed by atoms with van der Waals surface area (Å²) >= 11 is 0. The highest BCUT2D eigenvalue weighted by Crippen LogP contribution is 2.21. The minimum absolute atomic E-state index is 0.433. The lowest BCUT2D eigenvalue weighted by atomic mass is 10.3. The van der Waals surface area contributed by atoms with E-state index in [2.05, 4.69) is 39.8 Å². The predicted octanol–water partition coefficient (Wildman–Crippen LogP) is 4.50. The maximum atomic E-state index is 6.04. The molecule has 0 saturated heterocycles. The number of rotatable bonds is 14. The monoisotopic (exact) mass is 414 g/mol. The Balaban J connectivity index is 2.27. The lowest BCUT2D eigenvalue weighted by molar-refractivity contribution is 0.303. The molecule has 2 radical (unpaired) electrons. The summed E-state index contributed by atoms with van der Waals surface area (Å²) < 4.78 is 23.7. The summed E-state index contributed by atoms with van der Waals surface area (Å²) in [6.07, 6.45) is 3.91. The third kappa shape index (κ3) is 7.65. The van der Waals surface area contributed by atoms with Gasteiger partial charge in [0.25, 0.3) is 0 Å². The molecular formula is C24H34O4Si. The smallest absolute Gasteiger partial charge is 0.131 e. The normalized spacial score (nSPS) is 10.6. The number of ether oxygens (including phenoxy) is 4. The van der Waals surface area contributed by atoms with Crippen LogP contribution < -0.4 is 29.3 Å². The van der Waals surface area contributed by atoms with Gasteiger partial charge < -0.3 is 18.9 Å². The summed E-state index contributed by atoms with van der Waals surface area (Å²) in [4.78, 5) is 0. The fourth-order valence-corrected chi connectivity index (χ4v) is 3.80. The number of hydrogen-bond donors (Lipinski definition) is 0. The first kappa shape index (κ1) is 23.1. The molecular weight excluding hydrogens is 380 g/mol. The van der Waals surface area contributed by atoms with Crippen LogP contribution in [0.5, 0.6) is 23.0 Å². The predicted molar refractivity (Wildman–Crippen MR) is 121 cm³/mol. The van der Waals surface area contributed by atoms with Crippen molar-refractivity contribution in [3.63, 3.8) is 0 Å². The molecule has 0 atom stereocenters. The third-order valence-corrected chi connectivity index (χ3v) is 5.41. The van der Waals surface area contributed by atoms with Gasteiger partial charge in [-0.3, -0.25) is 0 Å². The van der Waals surface area contributed by atoms with Gasteiger partial charge in [0.2, 0.25) is 0 Å². The molecule has 0 heterocycles. The highest BCUT2D eigenvalue weighted by molar-refractivity contribution is 6.69. The van der Waals surface area contributed by atoms with E-state index in [1.54, 1.807) is 0 Å². The zero-order chi connectivity index (χ0) is 20.9. The van der Waals surface area contributed by atoms with Crippen LogP contribution in [0, 0.1) is 0 Å². The van der Waals surface area contributed by atoms with Gasteiger partial charge in [0, 0.05) is 12.1 Å². The first-order valence-electron chi connectivity index (χ1n) is 10.8. The second-order valence-electron chi connectivity index (χ2n) is 6.83. The van der Waals surface area contributed by atoms with Crippen molar-refractivity contribution in [3.8, 4) is 23.0 Å². The lowest BCUT2D eigenvalue weighted by Gasteiger charge is -2.16. The van der Waals surface area contributed by atoms with Crippen molar-refractivity contribution in [1.29, 1.82) is 0 Å². The second-order valence-corrected chi connectivity index (χ2v) is 8.16. The van der Waals surface area contributed by atoms with E-state index in [9.17, 15) is 0 Å². The molecule has 2 rings (SSSR count). The molecule has 0 unspecified atom stereocenters. The van der Waals surface area contributed by atoms with E-state index in [-0.39, 0.29) is 0 Å². The maximum absolute atomic E-state index is 6.04. The van der Waals surface area contributed by atoms with Crippen LogP contribution in [0.25, 0.3) is 0 Å². The van der Waals surface area contributed by atoms with Crippen molar-refractivity contribution in [2.24, 2.45) is 0 Å². The molecule has 0 aromatic heterocycles. The lowest BCUT2D eigenvalue weighted by Crippen LogP contribution is -2.30. The third-order valence-electron chi connectivity index (χ3n) is 4.04. The molecule has 5 heteroatoms. The molecule has 0 aliphatic carbocycles. The molecule has 0 aliphatic heterocycles. The van der Waals surface area contributed by atoms with E-state index in [1.807, 2.05) is 24.3 Å². The maximum Gasteiger partial charge on any atom is 0.131 e. The van der Waals surface area contributed by atoms with Gasteiger partial charge >= 0.3 is 0 Å². The molecule has 2 aromatic rings. The van der Waals surface area contributed by atoms with Crippen LogP contribution >= 0.6 is 0 Å². The summed E-state index contributed by atoms with van der Waals surface area (Å²) in [5, 5.41) is 2.32. The molecule has 0 bridgehead atoms. The van der Waals surface area contributed by atoms with Crippen LogP contribution in [0.4, 0.5) is 0 Å². The average Bonchev–Trinajstić information content (AvgIpc) is 2.75. The molecule has 0 amide bonds. The SMILES string of the molecule is CCCOc1ccc([Si]c2ccc(OCCC)cc2OCCC)c(OCCC)c1. The molecule has 0 spiro atoms. The van der Waals surface area contributed by atoms with E-state index in [0.717, 1.165) is 59.1 Å². The summed E-state index contributed by atoms with van der Waals surface area (Å²) in [7, 11) is 0.433. The van der Waals surface area contributed by atoms with Crippen LogP contribution in [0.1, 0.15) is 53.4 Å². The first-order valence-corrected chi connectivity index (χ1v) is 11.8. The molecule has 4 nitrogen and oxygen atoms in total. The molecule has 0 fully saturated rings. The Morgan fingerprint density at radius 1 is 0.552 bits per heavy atom. The molecule has 2 aromatic carbocycles. The van der Waals surface area contributed by atoms with Crippen LogP contribution in [0.3, 0.4) is 0 Å². The van der Waals surface area contributed by atoms with Crippen LogP contribution in [-0.4, -0.2) is 35.9 Å². The Morgan fingerprint density at radius 2 is 0.931 bits per heavy atom. The van der Waals surface area contributed by atoms with Gasteiger partial charge in [0.1, 0.15) is 32.5 Å². The van der Waals surface area contributed by atoms with Crippen molar-refractivity contribution in [1.82, 2.24) is 0 Å². The van der Waals surface area contributed by atoms with E-state index < -0.39 is 0 Å². The Morgan fingerprint density at radius 3 is 1.31 bits per heavy atom. The quantitative estimate of drug-likeness (QED) is 0.427. The number of hydrogen-bond acceptors (Lipinski definition) is 4. The van der Waals surface area contributed by atoms with Crippen LogP contribution in [0.15, 0.2) is 36.4 Å². The van der Waals surface area contributed by atoms with Gasteiger partial charge in [0.15, 0.2) is 0 Å². The van der Waals surface area contributed by atoms with Crippen molar-refractivity contribution in [2.45, 2.75) is 53.4 Å². The fourth-order valence-electron chi connectivity index (χ4n) is 2.64. The van der Waals surface area contributed by atoms with Crippen LogP contribution in [-0.2, 0) is 0 Å².